The van der Waals surface area contributed by atoms with Crippen molar-refractivity contribution in [2.45, 2.75) is 19.0 Å². The monoisotopic (exact) mass is 484 g/mol. The third-order valence-electron chi connectivity index (χ3n) is 4.94. The van der Waals surface area contributed by atoms with Crippen LogP contribution >= 0.6 is 0 Å². The van der Waals surface area contributed by atoms with E-state index in [-0.39, 0.29) is 34.5 Å². The van der Waals surface area contributed by atoms with Crippen molar-refractivity contribution in [1.29, 1.82) is 5.26 Å². The van der Waals surface area contributed by atoms with Gasteiger partial charge in [0.05, 0.1) is 37.6 Å². The molecule has 2 aromatic heterocycles. The van der Waals surface area contributed by atoms with Crippen molar-refractivity contribution < 1.29 is 28.2 Å². The van der Waals surface area contributed by atoms with Crippen LogP contribution in [-0.4, -0.2) is 41.4 Å². The lowest BCUT2D eigenvalue weighted by Crippen LogP contribution is -2.39. The topological polar surface area (TPSA) is 141 Å². The third-order valence-corrected chi connectivity index (χ3v) is 4.94. The summed E-state index contributed by atoms with van der Waals surface area (Å²) in [5, 5.41) is 26.5. The highest BCUT2D eigenvalue weighted by molar-refractivity contribution is 5.67. The van der Waals surface area contributed by atoms with E-state index in [1.54, 1.807) is 6.07 Å². The summed E-state index contributed by atoms with van der Waals surface area (Å²) < 4.78 is 39.7. The number of nitriles is 1. The first-order chi connectivity index (χ1) is 16.7. The molecular weight excluding hydrogens is 462 g/mol. The van der Waals surface area contributed by atoms with Gasteiger partial charge in [0.1, 0.15) is 11.9 Å². The molecule has 0 saturated carbocycles. The highest BCUT2D eigenvalue weighted by Crippen LogP contribution is 2.30. The summed E-state index contributed by atoms with van der Waals surface area (Å²) in [6, 6.07) is 9.64. The predicted octanol–water partition coefficient (Wildman–Crippen LogP) is 4.20. The number of anilines is 3. The maximum Gasteiger partial charge on any atom is 0.404 e. The quantitative estimate of drug-likeness (QED) is 0.352. The fourth-order valence-corrected chi connectivity index (χ4v) is 3.29. The van der Waals surface area contributed by atoms with Gasteiger partial charge in [-0.15, -0.1) is 0 Å². The first-order valence-electron chi connectivity index (χ1n) is 10.2. The first-order valence-corrected chi connectivity index (χ1v) is 10.2. The highest BCUT2D eigenvalue weighted by atomic mass is 19.1. The summed E-state index contributed by atoms with van der Waals surface area (Å²) in [4.78, 5) is 19.5. The fraction of sp³-hybridized carbons (Fsp3) is 0.217. The molecule has 4 N–H and O–H groups in total. The van der Waals surface area contributed by atoms with E-state index in [0.29, 0.717) is 5.69 Å². The van der Waals surface area contributed by atoms with E-state index in [1.165, 1.54) is 51.5 Å². The number of ether oxygens (including phenoxy) is 2. The minimum Gasteiger partial charge on any atom is -0.481 e. The third kappa shape index (κ3) is 6.02. The molecule has 182 valence electrons. The molecule has 3 aromatic rings. The van der Waals surface area contributed by atoms with Crippen molar-refractivity contribution >= 4 is 23.4 Å². The Labute approximate surface area is 199 Å². The number of methoxy groups -OCH3 is 2. The second-order valence-corrected chi connectivity index (χ2v) is 7.27. The van der Waals surface area contributed by atoms with Gasteiger partial charge in [-0.25, -0.2) is 18.6 Å². The van der Waals surface area contributed by atoms with Crippen LogP contribution < -0.4 is 25.4 Å². The molecule has 3 rings (SSSR count). The van der Waals surface area contributed by atoms with Gasteiger partial charge in [-0.3, -0.25) is 0 Å². The smallest absolute Gasteiger partial charge is 0.404 e. The van der Waals surface area contributed by atoms with Crippen LogP contribution in [0.15, 0.2) is 42.5 Å². The van der Waals surface area contributed by atoms with Gasteiger partial charge >= 0.3 is 6.09 Å². The molecule has 0 spiro atoms. The number of rotatable bonds is 9. The summed E-state index contributed by atoms with van der Waals surface area (Å²) in [6.45, 7) is 1.49. The van der Waals surface area contributed by atoms with E-state index in [0.717, 1.165) is 6.07 Å². The average molecular weight is 484 g/mol. The number of halogens is 2. The molecule has 2 atom stereocenters. The van der Waals surface area contributed by atoms with Crippen LogP contribution in [0, 0.1) is 23.0 Å². The summed E-state index contributed by atoms with van der Waals surface area (Å²) >= 11 is 0. The minimum absolute atomic E-state index is 0.0159. The number of carboxylic acid groups (broad SMARTS) is 1. The SMILES string of the molecule is COc1cc(Nc2nc(N[C@@H](c3ccccc3F)[C@H](C)NC(=O)O)c(F)cc2C#N)cc(OC)n1. The van der Waals surface area contributed by atoms with Gasteiger partial charge in [-0.1, -0.05) is 18.2 Å². The molecular formula is C23H22F2N6O4. The molecule has 1 amide bonds. The summed E-state index contributed by atoms with van der Waals surface area (Å²) in [5.41, 5.74) is 0.376. The molecule has 0 saturated heterocycles. The Balaban J connectivity index is 2.03. The molecule has 0 aliphatic heterocycles. The summed E-state index contributed by atoms with van der Waals surface area (Å²) in [5.74, 6) is -1.41. The molecule has 0 aliphatic rings. The minimum atomic E-state index is -1.34. The number of aromatic nitrogens is 2. The average Bonchev–Trinajstić information content (AvgIpc) is 2.83. The van der Waals surface area contributed by atoms with Gasteiger partial charge < -0.3 is 30.5 Å². The van der Waals surface area contributed by atoms with Crippen LogP contribution in [-0.2, 0) is 0 Å². The number of amides is 1. The Morgan fingerprint density at radius 3 is 2.29 bits per heavy atom. The van der Waals surface area contributed by atoms with Gasteiger partial charge in [0, 0.05) is 17.7 Å². The van der Waals surface area contributed by atoms with Gasteiger partial charge in [0.25, 0.3) is 0 Å². The van der Waals surface area contributed by atoms with Crippen molar-refractivity contribution in [3.63, 3.8) is 0 Å². The zero-order valence-electron chi connectivity index (χ0n) is 19.0. The van der Waals surface area contributed by atoms with E-state index in [2.05, 4.69) is 25.9 Å². The van der Waals surface area contributed by atoms with Crippen LogP contribution in [0.1, 0.15) is 24.1 Å². The number of carbonyl (C=O) groups is 1. The molecule has 35 heavy (non-hydrogen) atoms. The Morgan fingerprint density at radius 1 is 1.06 bits per heavy atom. The number of hydrogen-bond acceptors (Lipinski definition) is 8. The molecule has 12 heteroatoms. The second-order valence-electron chi connectivity index (χ2n) is 7.27. The van der Waals surface area contributed by atoms with E-state index >= 15 is 0 Å². The molecule has 10 nitrogen and oxygen atoms in total. The van der Waals surface area contributed by atoms with E-state index < -0.39 is 29.8 Å². The molecule has 2 heterocycles. The first kappa shape index (κ1) is 25.0. The lowest BCUT2D eigenvalue weighted by molar-refractivity contribution is 0.189. The lowest BCUT2D eigenvalue weighted by atomic mass is 9.99. The second kappa shape index (κ2) is 11.0. The number of nitrogens with zero attached hydrogens (tertiary/aromatic N) is 3. The van der Waals surface area contributed by atoms with Crippen molar-refractivity contribution in [3.05, 3.63) is 65.2 Å². The van der Waals surface area contributed by atoms with Crippen LogP contribution in [0.4, 0.5) is 30.9 Å². The molecule has 0 aliphatic carbocycles. The Bertz CT molecular complexity index is 1240. The Hall–Kier alpha value is -4.66. The zero-order valence-corrected chi connectivity index (χ0v) is 19.0. The standard InChI is InChI=1S/C23H22F2N6O4/c1-12(27-23(32)33)20(15-6-4-5-7-16(15)24)30-22-17(25)8-13(11-26)21(31-22)28-14-9-18(34-2)29-19(10-14)35-3/h4-10,12,20,27H,1-3H3,(H,32,33)(H2,28,29,30,31)/t12-,20+/m0/s1. The predicted molar refractivity (Wildman–Crippen MR) is 123 cm³/mol. The van der Waals surface area contributed by atoms with Crippen molar-refractivity contribution in [1.82, 2.24) is 15.3 Å². The molecule has 0 fully saturated rings. The van der Waals surface area contributed by atoms with Crippen LogP contribution in [0.3, 0.4) is 0 Å². The van der Waals surface area contributed by atoms with Gasteiger partial charge in [-0.2, -0.15) is 10.2 Å². The van der Waals surface area contributed by atoms with Crippen LogP contribution in [0.2, 0.25) is 0 Å². The van der Waals surface area contributed by atoms with Gasteiger partial charge in [0.15, 0.2) is 17.5 Å². The molecule has 0 bridgehead atoms. The number of benzene rings is 1. The van der Waals surface area contributed by atoms with Crippen LogP contribution in [0.25, 0.3) is 0 Å². The van der Waals surface area contributed by atoms with Crippen molar-refractivity contribution in [3.8, 4) is 17.8 Å². The van der Waals surface area contributed by atoms with Crippen molar-refractivity contribution in [2.24, 2.45) is 0 Å². The lowest BCUT2D eigenvalue weighted by Gasteiger charge is -2.27. The largest absolute Gasteiger partial charge is 0.481 e. The Morgan fingerprint density at radius 2 is 1.71 bits per heavy atom. The Kier molecular flexibility index (Phi) is 7.83. The maximum atomic E-state index is 14.9. The zero-order chi connectivity index (χ0) is 25.5. The summed E-state index contributed by atoms with van der Waals surface area (Å²) in [6.07, 6.45) is -1.34. The van der Waals surface area contributed by atoms with Gasteiger partial charge in [-0.05, 0) is 19.1 Å². The maximum absolute atomic E-state index is 14.9. The summed E-state index contributed by atoms with van der Waals surface area (Å²) in [7, 11) is 2.83. The van der Waals surface area contributed by atoms with Crippen LogP contribution in [0.5, 0.6) is 11.8 Å². The molecule has 1 aromatic carbocycles. The fourth-order valence-electron chi connectivity index (χ4n) is 3.29. The van der Waals surface area contributed by atoms with E-state index in [9.17, 15) is 18.8 Å². The number of hydrogen-bond donors (Lipinski definition) is 4. The highest BCUT2D eigenvalue weighted by Gasteiger charge is 2.26. The van der Waals surface area contributed by atoms with E-state index in [4.69, 9.17) is 14.6 Å². The number of nitrogens with one attached hydrogen (secondary N) is 3. The van der Waals surface area contributed by atoms with Gasteiger partial charge in [0.2, 0.25) is 11.8 Å². The molecule has 0 unspecified atom stereocenters. The number of pyridine rings is 2. The normalized spacial score (nSPS) is 12.1. The molecule has 0 radical (unpaired) electrons. The van der Waals surface area contributed by atoms with E-state index in [1.807, 2.05) is 6.07 Å². The van der Waals surface area contributed by atoms with Crippen molar-refractivity contribution in [2.75, 3.05) is 24.9 Å².